The lowest BCUT2D eigenvalue weighted by Gasteiger charge is -2.13. The SMILES string of the molecule is Cc1ccc(F)c(C(=O)C2CCOC2C)c1. The van der Waals surface area contributed by atoms with Gasteiger partial charge in [0.2, 0.25) is 0 Å². The van der Waals surface area contributed by atoms with Crippen molar-refractivity contribution >= 4 is 5.78 Å². The van der Waals surface area contributed by atoms with E-state index in [9.17, 15) is 9.18 Å². The van der Waals surface area contributed by atoms with Gasteiger partial charge in [-0.25, -0.2) is 4.39 Å². The van der Waals surface area contributed by atoms with Crippen LogP contribution in [-0.4, -0.2) is 18.5 Å². The Balaban J connectivity index is 2.29. The Hall–Kier alpha value is -1.22. The minimum absolute atomic E-state index is 0.104. The first-order valence-electron chi connectivity index (χ1n) is 5.51. The van der Waals surface area contributed by atoms with Crippen LogP contribution in [0.25, 0.3) is 0 Å². The van der Waals surface area contributed by atoms with Crippen LogP contribution in [-0.2, 0) is 4.74 Å². The number of hydrogen-bond acceptors (Lipinski definition) is 2. The largest absolute Gasteiger partial charge is 0.378 e. The number of rotatable bonds is 2. The van der Waals surface area contributed by atoms with E-state index in [0.29, 0.717) is 13.0 Å². The van der Waals surface area contributed by atoms with Gasteiger partial charge in [-0.1, -0.05) is 11.6 Å². The number of ether oxygens (including phenoxy) is 1. The number of aryl methyl sites for hydroxylation is 1. The predicted molar refractivity (Wildman–Crippen MR) is 59.0 cm³/mol. The van der Waals surface area contributed by atoms with Crippen molar-refractivity contribution in [3.8, 4) is 0 Å². The molecule has 2 nitrogen and oxygen atoms in total. The molecule has 16 heavy (non-hydrogen) atoms. The van der Waals surface area contributed by atoms with E-state index < -0.39 is 5.82 Å². The Morgan fingerprint density at radius 2 is 2.25 bits per heavy atom. The Labute approximate surface area is 94.4 Å². The van der Waals surface area contributed by atoms with E-state index in [2.05, 4.69) is 0 Å². The number of halogens is 1. The summed E-state index contributed by atoms with van der Waals surface area (Å²) in [6, 6.07) is 4.63. The lowest BCUT2D eigenvalue weighted by atomic mass is 9.91. The lowest BCUT2D eigenvalue weighted by molar-refractivity contribution is 0.0761. The second kappa shape index (κ2) is 4.34. The topological polar surface area (TPSA) is 26.3 Å². The normalized spacial score (nSPS) is 24.7. The van der Waals surface area contributed by atoms with Crippen molar-refractivity contribution in [3.05, 3.63) is 35.1 Å². The maximum absolute atomic E-state index is 13.5. The maximum atomic E-state index is 13.5. The zero-order valence-electron chi connectivity index (χ0n) is 9.50. The fraction of sp³-hybridized carbons (Fsp3) is 0.462. The van der Waals surface area contributed by atoms with Gasteiger partial charge in [0.15, 0.2) is 5.78 Å². The van der Waals surface area contributed by atoms with Crippen molar-refractivity contribution in [2.45, 2.75) is 26.4 Å². The molecule has 2 rings (SSSR count). The minimum atomic E-state index is -0.435. The van der Waals surface area contributed by atoms with Crippen molar-refractivity contribution < 1.29 is 13.9 Å². The van der Waals surface area contributed by atoms with Gasteiger partial charge in [-0.3, -0.25) is 4.79 Å². The first-order valence-corrected chi connectivity index (χ1v) is 5.51. The third kappa shape index (κ3) is 2.00. The van der Waals surface area contributed by atoms with Crippen molar-refractivity contribution in [2.24, 2.45) is 5.92 Å². The van der Waals surface area contributed by atoms with Gasteiger partial charge in [0.05, 0.1) is 17.6 Å². The summed E-state index contributed by atoms with van der Waals surface area (Å²) in [5.74, 6) is -0.766. The van der Waals surface area contributed by atoms with Crippen molar-refractivity contribution in [2.75, 3.05) is 6.61 Å². The Kier molecular flexibility index (Phi) is 3.06. The molecule has 1 aromatic carbocycles. The van der Waals surface area contributed by atoms with Gasteiger partial charge in [-0.05, 0) is 32.4 Å². The fourth-order valence-corrected chi connectivity index (χ4v) is 2.10. The Morgan fingerprint density at radius 3 is 2.88 bits per heavy atom. The summed E-state index contributed by atoms with van der Waals surface area (Å²) < 4.78 is 18.9. The summed E-state index contributed by atoms with van der Waals surface area (Å²) in [6.45, 7) is 4.30. The highest BCUT2D eigenvalue weighted by Gasteiger charge is 2.32. The molecule has 0 bridgehead atoms. The molecule has 0 spiro atoms. The molecular weight excluding hydrogens is 207 g/mol. The van der Waals surface area contributed by atoms with Crippen molar-refractivity contribution in [1.82, 2.24) is 0 Å². The van der Waals surface area contributed by atoms with E-state index in [-0.39, 0.29) is 23.4 Å². The summed E-state index contributed by atoms with van der Waals surface area (Å²) in [7, 11) is 0. The zero-order valence-corrected chi connectivity index (χ0v) is 9.50. The average Bonchev–Trinajstić information content (AvgIpc) is 2.67. The van der Waals surface area contributed by atoms with Gasteiger partial charge in [-0.15, -0.1) is 0 Å². The highest BCUT2D eigenvalue weighted by atomic mass is 19.1. The van der Waals surface area contributed by atoms with Crippen LogP contribution in [0.1, 0.15) is 29.3 Å². The van der Waals surface area contributed by atoms with Crippen LogP contribution >= 0.6 is 0 Å². The smallest absolute Gasteiger partial charge is 0.171 e. The van der Waals surface area contributed by atoms with Gasteiger partial charge in [0, 0.05) is 6.61 Å². The summed E-state index contributed by atoms with van der Waals surface area (Å²) in [6.07, 6.45) is 0.584. The quantitative estimate of drug-likeness (QED) is 0.719. The van der Waals surface area contributed by atoms with Gasteiger partial charge in [0.1, 0.15) is 5.82 Å². The minimum Gasteiger partial charge on any atom is -0.378 e. The monoisotopic (exact) mass is 222 g/mol. The van der Waals surface area contributed by atoms with Crippen LogP contribution in [0, 0.1) is 18.7 Å². The fourth-order valence-electron chi connectivity index (χ4n) is 2.10. The number of Topliss-reactive ketones (excluding diaryl/α,β-unsaturated/α-hetero) is 1. The molecule has 86 valence electrons. The molecule has 0 radical (unpaired) electrons. The molecule has 0 amide bonds. The molecule has 0 saturated carbocycles. The van der Waals surface area contributed by atoms with Crippen molar-refractivity contribution in [3.63, 3.8) is 0 Å². The number of benzene rings is 1. The highest BCUT2D eigenvalue weighted by Crippen LogP contribution is 2.26. The second-order valence-corrected chi connectivity index (χ2v) is 4.32. The molecule has 1 aliphatic rings. The van der Waals surface area contributed by atoms with E-state index in [0.717, 1.165) is 5.56 Å². The van der Waals surface area contributed by atoms with Gasteiger partial charge in [-0.2, -0.15) is 0 Å². The number of carbonyl (C=O) groups excluding carboxylic acids is 1. The molecule has 2 atom stereocenters. The van der Waals surface area contributed by atoms with Gasteiger partial charge >= 0.3 is 0 Å². The molecule has 1 aromatic rings. The summed E-state index contributed by atoms with van der Waals surface area (Å²) in [5, 5.41) is 0. The summed E-state index contributed by atoms with van der Waals surface area (Å²) >= 11 is 0. The molecule has 3 heteroatoms. The van der Waals surface area contributed by atoms with Gasteiger partial charge in [0.25, 0.3) is 0 Å². The van der Waals surface area contributed by atoms with E-state index in [1.54, 1.807) is 12.1 Å². The summed E-state index contributed by atoms with van der Waals surface area (Å²) in [4.78, 5) is 12.1. The second-order valence-electron chi connectivity index (χ2n) is 4.32. The third-order valence-electron chi connectivity index (χ3n) is 3.10. The molecule has 1 saturated heterocycles. The molecule has 0 aromatic heterocycles. The Bertz CT molecular complexity index is 414. The van der Waals surface area contributed by atoms with Crippen LogP contribution in [0.4, 0.5) is 4.39 Å². The van der Waals surface area contributed by atoms with E-state index in [1.165, 1.54) is 6.07 Å². The number of ketones is 1. The predicted octanol–water partition coefficient (Wildman–Crippen LogP) is 2.74. The lowest BCUT2D eigenvalue weighted by Crippen LogP contribution is -2.22. The first-order chi connectivity index (χ1) is 7.59. The van der Waals surface area contributed by atoms with Crippen LogP contribution in [0.5, 0.6) is 0 Å². The zero-order chi connectivity index (χ0) is 11.7. The maximum Gasteiger partial charge on any atom is 0.171 e. The number of hydrogen-bond donors (Lipinski definition) is 0. The Morgan fingerprint density at radius 1 is 1.50 bits per heavy atom. The van der Waals surface area contributed by atoms with Gasteiger partial charge < -0.3 is 4.74 Å². The molecule has 0 N–H and O–H groups in total. The number of carbonyl (C=O) groups is 1. The van der Waals surface area contributed by atoms with E-state index in [1.807, 2.05) is 13.8 Å². The van der Waals surface area contributed by atoms with Crippen LogP contribution in [0.15, 0.2) is 18.2 Å². The van der Waals surface area contributed by atoms with Crippen LogP contribution in [0.2, 0.25) is 0 Å². The molecule has 0 aliphatic carbocycles. The van der Waals surface area contributed by atoms with Crippen molar-refractivity contribution in [1.29, 1.82) is 0 Å². The molecule has 1 aliphatic heterocycles. The van der Waals surface area contributed by atoms with Crippen LogP contribution < -0.4 is 0 Å². The van der Waals surface area contributed by atoms with E-state index in [4.69, 9.17) is 4.74 Å². The molecule has 1 fully saturated rings. The molecule has 1 heterocycles. The first kappa shape index (κ1) is 11.3. The van der Waals surface area contributed by atoms with Crippen LogP contribution in [0.3, 0.4) is 0 Å². The summed E-state index contributed by atoms with van der Waals surface area (Å²) in [5.41, 5.74) is 1.10. The molecule has 2 unspecified atom stereocenters. The highest BCUT2D eigenvalue weighted by molar-refractivity contribution is 5.98. The molecular formula is C13H15FO2. The standard InChI is InChI=1S/C13H15FO2/c1-8-3-4-12(14)11(7-8)13(15)10-5-6-16-9(10)2/h3-4,7,9-10H,5-6H2,1-2H3. The average molecular weight is 222 g/mol. The third-order valence-corrected chi connectivity index (χ3v) is 3.10. The van der Waals surface area contributed by atoms with E-state index >= 15 is 0 Å².